The van der Waals surface area contributed by atoms with E-state index in [2.05, 4.69) is 0 Å². The molecule has 6 nitrogen and oxygen atoms in total. The van der Waals surface area contributed by atoms with Gasteiger partial charge in [0.1, 0.15) is 10.7 Å². The van der Waals surface area contributed by atoms with Crippen LogP contribution in [0.3, 0.4) is 0 Å². The van der Waals surface area contributed by atoms with Gasteiger partial charge in [-0.25, -0.2) is 8.42 Å². The number of nitrogens with two attached hydrogens (primary N) is 1. The SMILES string of the molecule is COc1c(CCN(C)C)ccc2c1C=C(C(N)=O)S2(=O)=O. The summed E-state index contributed by atoms with van der Waals surface area (Å²) in [6.07, 6.45) is 2.01. The summed E-state index contributed by atoms with van der Waals surface area (Å²) < 4.78 is 29.8. The van der Waals surface area contributed by atoms with E-state index in [1.54, 1.807) is 6.07 Å². The van der Waals surface area contributed by atoms with Crippen molar-refractivity contribution in [3.8, 4) is 5.75 Å². The van der Waals surface area contributed by atoms with Crippen LogP contribution in [-0.2, 0) is 21.1 Å². The number of nitrogens with zero attached hydrogens (tertiary/aromatic N) is 1. The highest BCUT2D eigenvalue weighted by Gasteiger charge is 2.35. The normalized spacial score (nSPS) is 15.7. The van der Waals surface area contributed by atoms with Crippen LogP contribution >= 0.6 is 0 Å². The van der Waals surface area contributed by atoms with Gasteiger partial charge >= 0.3 is 0 Å². The minimum absolute atomic E-state index is 0.0711. The molecule has 0 aliphatic carbocycles. The molecule has 2 N–H and O–H groups in total. The van der Waals surface area contributed by atoms with Crippen molar-refractivity contribution in [2.24, 2.45) is 5.73 Å². The molecule has 1 aliphatic rings. The Balaban J connectivity index is 2.57. The monoisotopic (exact) mass is 310 g/mol. The number of hydrogen-bond acceptors (Lipinski definition) is 5. The van der Waals surface area contributed by atoms with E-state index in [-0.39, 0.29) is 9.80 Å². The maximum absolute atomic E-state index is 12.2. The van der Waals surface area contributed by atoms with E-state index in [4.69, 9.17) is 10.5 Å². The molecule has 1 aliphatic heterocycles. The van der Waals surface area contributed by atoms with Crippen molar-refractivity contribution in [2.75, 3.05) is 27.7 Å². The zero-order valence-corrected chi connectivity index (χ0v) is 13.0. The second-order valence-electron chi connectivity index (χ2n) is 5.10. The summed E-state index contributed by atoms with van der Waals surface area (Å²) >= 11 is 0. The van der Waals surface area contributed by atoms with Gasteiger partial charge in [0.25, 0.3) is 5.91 Å². The van der Waals surface area contributed by atoms with Crippen molar-refractivity contribution in [2.45, 2.75) is 11.3 Å². The second-order valence-corrected chi connectivity index (χ2v) is 6.99. The first kappa shape index (κ1) is 15.5. The van der Waals surface area contributed by atoms with Crippen molar-refractivity contribution >= 4 is 21.8 Å². The Morgan fingerprint density at radius 3 is 2.52 bits per heavy atom. The van der Waals surface area contributed by atoms with Crippen LogP contribution in [0.5, 0.6) is 5.75 Å². The molecule has 7 heteroatoms. The van der Waals surface area contributed by atoms with Gasteiger partial charge < -0.3 is 15.4 Å². The lowest BCUT2D eigenvalue weighted by atomic mass is 10.1. The Kier molecular flexibility index (Phi) is 4.06. The van der Waals surface area contributed by atoms with E-state index in [1.165, 1.54) is 19.3 Å². The molecule has 0 atom stereocenters. The smallest absolute Gasteiger partial charge is 0.260 e. The van der Waals surface area contributed by atoms with E-state index in [1.807, 2.05) is 19.0 Å². The Bertz CT molecular complexity index is 721. The summed E-state index contributed by atoms with van der Waals surface area (Å²) in [6, 6.07) is 3.22. The highest BCUT2D eigenvalue weighted by molar-refractivity contribution is 7.96. The fourth-order valence-electron chi connectivity index (χ4n) is 2.31. The summed E-state index contributed by atoms with van der Waals surface area (Å²) in [5.41, 5.74) is 6.44. The molecule has 0 saturated carbocycles. The summed E-state index contributed by atoms with van der Waals surface area (Å²) in [5, 5.41) is 0. The van der Waals surface area contributed by atoms with Crippen LogP contribution in [0.1, 0.15) is 11.1 Å². The first-order valence-corrected chi connectivity index (χ1v) is 7.88. The highest BCUT2D eigenvalue weighted by Crippen LogP contribution is 2.40. The molecule has 1 amide bonds. The van der Waals surface area contributed by atoms with Gasteiger partial charge in [-0.2, -0.15) is 0 Å². The molecule has 1 aromatic carbocycles. The van der Waals surface area contributed by atoms with Crippen molar-refractivity contribution in [3.63, 3.8) is 0 Å². The summed E-state index contributed by atoms with van der Waals surface area (Å²) in [6.45, 7) is 0.800. The quantitative estimate of drug-likeness (QED) is 0.851. The van der Waals surface area contributed by atoms with E-state index in [9.17, 15) is 13.2 Å². The van der Waals surface area contributed by atoms with E-state index in [0.29, 0.717) is 17.7 Å². The van der Waals surface area contributed by atoms with Crippen molar-refractivity contribution in [3.05, 3.63) is 28.2 Å². The number of amides is 1. The first-order valence-electron chi connectivity index (χ1n) is 6.40. The number of likely N-dealkylation sites (N-methyl/N-ethyl adjacent to an activating group) is 1. The molecular formula is C14H18N2O4S. The van der Waals surface area contributed by atoms with Crippen LogP contribution in [0.2, 0.25) is 0 Å². The summed E-state index contributed by atoms with van der Waals surface area (Å²) in [4.78, 5) is 13.0. The number of carbonyl (C=O) groups is 1. The lowest BCUT2D eigenvalue weighted by Gasteiger charge is -2.14. The Morgan fingerprint density at radius 2 is 2.00 bits per heavy atom. The van der Waals surface area contributed by atoms with Crippen molar-refractivity contribution in [1.82, 2.24) is 4.90 Å². The number of methoxy groups -OCH3 is 1. The van der Waals surface area contributed by atoms with Crippen LogP contribution < -0.4 is 10.5 Å². The fraction of sp³-hybridized carbons (Fsp3) is 0.357. The van der Waals surface area contributed by atoms with E-state index < -0.39 is 15.7 Å². The maximum atomic E-state index is 12.2. The minimum atomic E-state index is -3.83. The lowest BCUT2D eigenvalue weighted by molar-refractivity contribution is -0.113. The van der Waals surface area contributed by atoms with E-state index >= 15 is 0 Å². The third kappa shape index (κ3) is 2.66. The Hall–Kier alpha value is -1.86. The minimum Gasteiger partial charge on any atom is -0.496 e. The number of carbonyl (C=O) groups excluding carboxylic acids is 1. The zero-order valence-electron chi connectivity index (χ0n) is 12.2. The average Bonchev–Trinajstić information content (AvgIpc) is 2.67. The van der Waals surface area contributed by atoms with Gasteiger partial charge in [0, 0.05) is 12.1 Å². The Morgan fingerprint density at radius 1 is 1.33 bits per heavy atom. The molecule has 1 aromatic rings. The third-order valence-corrected chi connectivity index (χ3v) is 5.20. The predicted molar refractivity (Wildman–Crippen MR) is 79.6 cm³/mol. The molecule has 0 unspecified atom stereocenters. The van der Waals surface area contributed by atoms with Gasteiger partial charge in [0.15, 0.2) is 0 Å². The molecule has 2 rings (SSSR count). The molecule has 0 saturated heterocycles. The number of ether oxygens (including phenoxy) is 1. The van der Waals surface area contributed by atoms with Crippen LogP contribution in [-0.4, -0.2) is 47.0 Å². The summed E-state index contributed by atoms with van der Waals surface area (Å²) in [5.74, 6) is -0.475. The summed E-state index contributed by atoms with van der Waals surface area (Å²) in [7, 11) is 1.56. The number of sulfone groups is 1. The molecule has 0 fully saturated rings. The number of benzene rings is 1. The third-order valence-electron chi connectivity index (χ3n) is 3.37. The molecule has 0 bridgehead atoms. The Labute approximate surface area is 124 Å². The van der Waals surface area contributed by atoms with Gasteiger partial charge in [-0.1, -0.05) is 6.07 Å². The van der Waals surface area contributed by atoms with Gasteiger partial charge in [0.05, 0.1) is 12.0 Å². The molecule has 1 heterocycles. The lowest BCUT2D eigenvalue weighted by Crippen LogP contribution is -2.18. The molecule has 0 radical (unpaired) electrons. The highest BCUT2D eigenvalue weighted by atomic mass is 32.2. The number of primary amides is 1. The molecular weight excluding hydrogens is 292 g/mol. The zero-order chi connectivity index (χ0) is 15.8. The maximum Gasteiger partial charge on any atom is 0.260 e. The molecule has 0 spiro atoms. The van der Waals surface area contributed by atoms with Crippen LogP contribution in [0.15, 0.2) is 21.9 Å². The van der Waals surface area contributed by atoms with Gasteiger partial charge in [-0.3, -0.25) is 4.79 Å². The van der Waals surface area contributed by atoms with Crippen LogP contribution in [0.4, 0.5) is 0 Å². The predicted octanol–water partition coefficient (Wildman–Crippen LogP) is 0.413. The van der Waals surface area contributed by atoms with Crippen LogP contribution in [0.25, 0.3) is 6.08 Å². The standard InChI is InChI=1S/C14H18N2O4S/c1-16(2)7-6-9-4-5-11-10(13(9)20-3)8-12(14(15)17)21(11,18)19/h4-5,8H,6-7H2,1-3H3,(H2,15,17). The van der Waals surface area contributed by atoms with Crippen molar-refractivity contribution in [1.29, 1.82) is 0 Å². The van der Waals surface area contributed by atoms with Crippen molar-refractivity contribution < 1.29 is 17.9 Å². The topological polar surface area (TPSA) is 89.7 Å². The number of rotatable bonds is 5. The first-order chi connectivity index (χ1) is 9.78. The van der Waals surface area contributed by atoms with Crippen LogP contribution in [0, 0.1) is 0 Å². The number of hydrogen-bond donors (Lipinski definition) is 1. The second kappa shape index (κ2) is 5.50. The average molecular weight is 310 g/mol. The largest absolute Gasteiger partial charge is 0.496 e. The molecule has 114 valence electrons. The van der Waals surface area contributed by atoms with E-state index in [0.717, 1.165) is 12.1 Å². The number of fused-ring (bicyclic) bond motifs is 1. The fourth-order valence-corrected chi connectivity index (χ4v) is 3.77. The van der Waals surface area contributed by atoms with Gasteiger partial charge in [-0.15, -0.1) is 0 Å². The molecule has 0 aromatic heterocycles. The molecule has 21 heavy (non-hydrogen) atoms. The van der Waals surface area contributed by atoms with Gasteiger partial charge in [0.2, 0.25) is 9.84 Å². The van der Waals surface area contributed by atoms with Gasteiger partial charge in [-0.05, 0) is 38.2 Å².